The van der Waals surface area contributed by atoms with E-state index < -0.39 is 11.6 Å². The first-order valence-corrected chi connectivity index (χ1v) is 6.98. The molecule has 0 fully saturated rings. The largest absolute Gasteiger partial charge is 0.494 e. The van der Waals surface area contributed by atoms with Crippen molar-refractivity contribution in [2.75, 3.05) is 11.9 Å². The average Bonchev–Trinajstić information content (AvgIpc) is 2.42. The van der Waals surface area contributed by atoms with Gasteiger partial charge in [-0.3, -0.25) is 4.79 Å². The lowest BCUT2D eigenvalue weighted by atomic mass is 10.2. The Morgan fingerprint density at radius 2 is 1.86 bits per heavy atom. The molecule has 116 valence electrons. The van der Waals surface area contributed by atoms with Crippen molar-refractivity contribution in [2.24, 2.45) is 0 Å². The van der Waals surface area contributed by atoms with Gasteiger partial charge in [-0.1, -0.05) is 12.1 Å². The maximum atomic E-state index is 13.0. The summed E-state index contributed by atoms with van der Waals surface area (Å²) in [5, 5.41) is 2.46. The zero-order chi connectivity index (χ0) is 15.9. The average molecular weight is 305 g/mol. The van der Waals surface area contributed by atoms with E-state index in [0.717, 1.165) is 29.5 Å². The summed E-state index contributed by atoms with van der Waals surface area (Å²) in [6.45, 7) is 2.37. The van der Waals surface area contributed by atoms with Crippen molar-refractivity contribution in [1.29, 1.82) is 0 Å². The zero-order valence-electron chi connectivity index (χ0n) is 12.2. The number of aryl methyl sites for hydroxylation is 1. The minimum absolute atomic E-state index is 0.113. The predicted octanol–water partition coefficient (Wildman–Crippen LogP) is 4.07. The third-order valence-electron chi connectivity index (χ3n) is 2.95. The van der Waals surface area contributed by atoms with Crippen LogP contribution in [-0.2, 0) is 4.79 Å². The second-order valence-electron chi connectivity index (χ2n) is 4.97. The fraction of sp³-hybridized carbons (Fsp3) is 0.235. The van der Waals surface area contributed by atoms with Crippen LogP contribution < -0.4 is 10.1 Å². The molecule has 0 aliphatic carbocycles. The van der Waals surface area contributed by atoms with Crippen LogP contribution in [0, 0.1) is 18.6 Å². The molecule has 0 saturated carbocycles. The Balaban J connectivity index is 1.74. The van der Waals surface area contributed by atoms with Gasteiger partial charge in [0.15, 0.2) is 0 Å². The molecule has 0 heterocycles. The summed E-state index contributed by atoms with van der Waals surface area (Å²) in [5.74, 6) is -0.999. The monoisotopic (exact) mass is 305 g/mol. The SMILES string of the molecule is Cc1cccc(OCCCC(=O)Nc2cc(F)cc(F)c2)c1. The van der Waals surface area contributed by atoms with Gasteiger partial charge in [-0.2, -0.15) is 0 Å². The lowest BCUT2D eigenvalue weighted by Gasteiger charge is -2.08. The Bertz CT molecular complexity index is 639. The van der Waals surface area contributed by atoms with Crippen LogP contribution in [0.25, 0.3) is 0 Å². The van der Waals surface area contributed by atoms with E-state index in [4.69, 9.17) is 4.74 Å². The van der Waals surface area contributed by atoms with E-state index in [-0.39, 0.29) is 18.0 Å². The fourth-order valence-electron chi connectivity index (χ4n) is 1.98. The van der Waals surface area contributed by atoms with E-state index in [1.165, 1.54) is 0 Å². The molecular formula is C17H17F2NO2. The van der Waals surface area contributed by atoms with Crippen molar-refractivity contribution < 1.29 is 18.3 Å². The summed E-state index contributed by atoms with van der Waals surface area (Å²) in [6, 6.07) is 10.5. The number of halogens is 2. The van der Waals surface area contributed by atoms with Crippen LogP contribution in [-0.4, -0.2) is 12.5 Å². The molecule has 2 aromatic carbocycles. The second kappa shape index (κ2) is 7.54. The first-order chi connectivity index (χ1) is 10.5. The van der Waals surface area contributed by atoms with Crippen LogP contribution in [0.4, 0.5) is 14.5 Å². The lowest BCUT2D eigenvalue weighted by Crippen LogP contribution is -2.13. The molecule has 2 rings (SSSR count). The van der Waals surface area contributed by atoms with Gasteiger partial charge in [0.1, 0.15) is 17.4 Å². The Labute approximate surface area is 127 Å². The number of benzene rings is 2. The molecule has 0 unspecified atom stereocenters. The maximum Gasteiger partial charge on any atom is 0.224 e. The van der Waals surface area contributed by atoms with E-state index in [0.29, 0.717) is 13.0 Å². The minimum atomic E-state index is -0.724. The van der Waals surface area contributed by atoms with Crippen LogP contribution in [0.15, 0.2) is 42.5 Å². The molecule has 0 radical (unpaired) electrons. The van der Waals surface area contributed by atoms with Crippen LogP contribution in [0.3, 0.4) is 0 Å². The summed E-state index contributed by atoms with van der Waals surface area (Å²) in [4.78, 5) is 11.7. The molecule has 0 saturated heterocycles. The summed E-state index contributed by atoms with van der Waals surface area (Å²) in [7, 11) is 0. The van der Waals surface area contributed by atoms with Gasteiger partial charge in [0, 0.05) is 18.2 Å². The number of hydrogen-bond acceptors (Lipinski definition) is 2. The van der Waals surface area contributed by atoms with E-state index in [2.05, 4.69) is 5.32 Å². The van der Waals surface area contributed by atoms with Gasteiger partial charge < -0.3 is 10.1 Å². The zero-order valence-corrected chi connectivity index (χ0v) is 12.2. The number of nitrogens with one attached hydrogen (secondary N) is 1. The van der Waals surface area contributed by atoms with Gasteiger partial charge in [0.25, 0.3) is 0 Å². The van der Waals surface area contributed by atoms with Gasteiger partial charge >= 0.3 is 0 Å². The molecule has 0 spiro atoms. The third-order valence-corrected chi connectivity index (χ3v) is 2.95. The standard InChI is InChI=1S/C17H17F2NO2/c1-12-4-2-5-16(8-12)22-7-3-6-17(21)20-15-10-13(18)9-14(19)11-15/h2,4-5,8-11H,3,6-7H2,1H3,(H,20,21). The number of rotatable bonds is 6. The molecular weight excluding hydrogens is 288 g/mol. The minimum Gasteiger partial charge on any atom is -0.494 e. The Hall–Kier alpha value is -2.43. The van der Waals surface area contributed by atoms with Gasteiger partial charge in [0.05, 0.1) is 6.61 Å². The summed E-state index contributed by atoms with van der Waals surface area (Å²) < 4.78 is 31.5. The Morgan fingerprint density at radius 1 is 1.14 bits per heavy atom. The van der Waals surface area contributed by atoms with Crippen molar-refractivity contribution in [1.82, 2.24) is 0 Å². The van der Waals surface area contributed by atoms with Crippen LogP contribution in [0.5, 0.6) is 5.75 Å². The number of anilines is 1. The van der Waals surface area contributed by atoms with Gasteiger partial charge in [-0.05, 0) is 43.2 Å². The van der Waals surface area contributed by atoms with Crippen molar-refractivity contribution in [3.8, 4) is 5.75 Å². The maximum absolute atomic E-state index is 13.0. The summed E-state index contributed by atoms with van der Waals surface area (Å²) in [6.07, 6.45) is 0.724. The molecule has 2 aromatic rings. The smallest absolute Gasteiger partial charge is 0.224 e. The third kappa shape index (κ3) is 5.16. The lowest BCUT2D eigenvalue weighted by molar-refractivity contribution is -0.116. The highest BCUT2D eigenvalue weighted by Gasteiger charge is 2.05. The summed E-state index contributed by atoms with van der Waals surface area (Å²) >= 11 is 0. The van der Waals surface area contributed by atoms with Crippen molar-refractivity contribution >= 4 is 11.6 Å². The van der Waals surface area contributed by atoms with E-state index >= 15 is 0 Å². The number of hydrogen-bond donors (Lipinski definition) is 1. The number of amides is 1. The van der Waals surface area contributed by atoms with Crippen molar-refractivity contribution in [3.63, 3.8) is 0 Å². The van der Waals surface area contributed by atoms with Crippen molar-refractivity contribution in [3.05, 3.63) is 59.7 Å². The molecule has 0 bridgehead atoms. The Kier molecular flexibility index (Phi) is 5.47. The second-order valence-corrected chi connectivity index (χ2v) is 4.97. The van der Waals surface area contributed by atoms with Gasteiger partial charge in [-0.15, -0.1) is 0 Å². The highest BCUT2D eigenvalue weighted by atomic mass is 19.1. The predicted molar refractivity (Wildman–Crippen MR) is 80.9 cm³/mol. The van der Waals surface area contributed by atoms with Crippen molar-refractivity contribution in [2.45, 2.75) is 19.8 Å². The van der Waals surface area contributed by atoms with Gasteiger partial charge in [0.2, 0.25) is 5.91 Å². The molecule has 3 nitrogen and oxygen atoms in total. The molecule has 1 N–H and O–H groups in total. The van der Waals surface area contributed by atoms with E-state index in [9.17, 15) is 13.6 Å². The summed E-state index contributed by atoms with van der Waals surface area (Å²) in [5.41, 5.74) is 1.21. The number of carbonyl (C=O) groups is 1. The topological polar surface area (TPSA) is 38.3 Å². The van der Waals surface area contributed by atoms with Crippen LogP contribution >= 0.6 is 0 Å². The highest BCUT2D eigenvalue weighted by Crippen LogP contribution is 2.14. The molecule has 22 heavy (non-hydrogen) atoms. The quantitative estimate of drug-likeness (QED) is 0.817. The number of ether oxygens (including phenoxy) is 1. The molecule has 5 heteroatoms. The van der Waals surface area contributed by atoms with E-state index in [1.807, 2.05) is 31.2 Å². The molecule has 0 aliphatic rings. The first kappa shape index (κ1) is 15.9. The molecule has 0 aromatic heterocycles. The Morgan fingerprint density at radius 3 is 2.55 bits per heavy atom. The first-order valence-electron chi connectivity index (χ1n) is 6.98. The normalized spacial score (nSPS) is 10.3. The highest BCUT2D eigenvalue weighted by molar-refractivity contribution is 5.90. The number of carbonyl (C=O) groups excluding carboxylic acids is 1. The van der Waals surface area contributed by atoms with Crippen LogP contribution in [0.1, 0.15) is 18.4 Å². The van der Waals surface area contributed by atoms with E-state index in [1.54, 1.807) is 0 Å². The molecule has 0 aliphatic heterocycles. The molecule has 1 amide bonds. The molecule has 0 atom stereocenters. The van der Waals surface area contributed by atoms with Crippen LogP contribution in [0.2, 0.25) is 0 Å². The fourth-order valence-corrected chi connectivity index (χ4v) is 1.98. The van der Waals surface area contributed by atoms with Gasteiger partial charge in [-0.25, -0.2) is 8.78 Å².